The second-order valence-electron chi connectivity index (χ2n) is 7.95. The molecule has 0 saturated carbocycles. The van der Waals surface area contributed by atoms with Crippen LogP contribution in [-0.4, -0.2) is 52.3 Å². The number of nitrogens with one attached hydrogen (secondary N) is 1. The summed E-state index contributed by atoms with van der Waals surface area (Å²) in [4.78, 5) is 23.8. The Bertz CT molecular complexity index is 1370. The van der Waals surface area contributed by atoms with Crippen molar-refractivity contribution in [2.45, 2.75) is 36.3 Å². The van der Waals surface area contributed by atoms with Gasteiger partial charge in [0.05, 0.1) is 29.7 Å². The van der Waals surface area contributed by atoms with E-state index in [-0.39, 0.29) is 12.2 Å². The molecule has 14 heteroatoms. The van der Waals surface area contributed by atoms with E-state index in [4.69, 9.17) is 0 Å². The lowest BCUT2D eigenvalue weighted by Crippen LogP contribution is -2.45. The van der Waals surface area contributed by atoms with E-state index in [9.17, 15) is 35.2 Å². The van der Waals surface area contributed by atoms with Crippen LogP contribution < -0.4 is 5.32 Å². The van der Waals surface area contributed by atoms with Gasteiger partial charge in [-0.25, -0.2) is 27.2 Å². The summed E-state index contributed by atoms with van der Waals surface area (Å²) in [5.41, 5.74) is 0.154. The Kier molecular flexibility index (Phi) is 7.00. The van der Waals surface area contributed by atoms with E-state index < -0.39 is 63.6 Å². The van der Waals surface area contributed by atoms with Crippen molar-refractivity contribution >= 4 is 15.9 Å². The molecule has 1 aromatic carbocycles. The van der Waals surface area contributed by atoms with Crippen LogP contribution in [0.1, 0.15) is 17.7 Å². The molecule has 36 heavy (non-hydrogen) atoms. The van der Waals surface area contributed by atoms with Crippen LogP contribution in [0.5, 0.6) is 0 Å². The standard InChI is InChI=1S/C22H18F5N5O3S/c23-15-5-18(10-28-8-15)36(34,35)32-11-16(24)6-20(32)21(33)29-9-17-7-19(31-12-30-17)13-1-3-14(4-2-13)22(25,26)27/h1-5,7-8,10,12,16,20H,6,9,11H2,(H,29,33)/t16-,20+/m1/s1. The predicted octanol–water partition coefficient (Wildman–Crippen LogP) is 3.11. The molecule has 1 N–H and O–H groups in total. The topological polar surface area (TPSA) is 105 Å². The minimum Gasteiger partial charge on any atom is -0.349 e. The molecular formula is C22H18F5N5O3S. The molecule has 0 bridgehead atoms. The zero-order valence-electron chi connectivity index (χ0n) is 18.3. The van der Waals surface area contributed by atoms with Crippen molar-refractivity contribution in [2.75, 3.05) is 6.54 Å². The SMILES string of the molecule is O=C(NCc1cc(-c2ccc(C(F)(F)F)cc2)ncn1)[C@@H]1C[C@@H](F)CN1S(=O)(=O)c1cncc(F)c1. The number of halogens is 5. The summed E-state index contributed by atoms with van der Waals surface area (Å²) >= 11 is 0. The molecule has 3 heterocycles. The van der Waals surface area contributed by atoms with Crippen LogP contribution in [0.15, 0.2) is 60.0 Å². The summed E-state index contributed by atoms with van der Waals surface area (Å²) in [6.45, 7) is -0.764. The zero-order chi connectivity index (χ0) is 26.1. The molecule has 1 amide bonds. The fourth-order valence-electron chi connectivity index (χ4n) is 3.71. The van der Waals surface area contributed by atoms with E-state index in [0.717, 1.165) is 36.9 Å². The summed E-state index contributed by atoms with van der Waals surface area (Å²) in [6, 6.07) is 5.11. The molecule has 0 radical (unpaired) electrons. The van der Waals surface area contributed by atoms with Crippen LogP contribution >= 0.6 is 0 Å². The molecule has 2 aromatic heterocycles. The molecule has 3 aromatic rings. The molecule has 8 nitrogen and oxygen atoms in total. The van der Waals surface area contributed by atoms with Crippen LogP contribution in [0.3, 0.4) is 0 Å². The van der Waals surface area contributed by atoms with Gasteiger partial charge in [0.1, 0.15) is 29.3 Å². The van der Waals surface area contributed by atoms with Crippen LogP contribution in [0, 0.1) is 5.82 Å². The predicted molar refractivity (Wildman–Crippen MR) is 116 cm³/mol. The zero-order valence-corrected chi connectivity index (χ0v) is 19.1. The van der Waals surface area contributed by atoms with E-state index in [1.165, 1.54) is 18.2 Å². The maximum atomic E-state index is 14.1. The number of carbonyl (C=O) groups is 1. The van der Waals surface area contributed by atoms with Gasteiger partial charge < -0.3 is 5.32 Å². The van der Waals surface area contributed by atoms with Crippen LogP contribution in [0.4, 0.5) is 22.0 Å². The molecule has 190 valence electrons. The third-order valence-electron chi connectivity index (χ3n) is 5.47. The highest BCUT2D eigenvalue weighted by Gasteiger charge is 2.44. The van der Waals surface area contributed by atoms with Crippen molar-refractivity contribution in [1.29, 1.82) is 0 Å². The normalized spacial score (nSPS) is 18.8. The first-order valence-corrected chi connectivity index (χ1v) is 11.9. The van der Waals surface area contributed by atoms with Gasteiger partial charge in [0.25, 0.3) is 0 Å². The van der Waals surface area contributed by atoms with Gasteiger partial charge in [-0.05, 0) is 24.3 Å². The fraction of sp³-hybridized carbons (Fsp3) is 0.273. The van der Waals surface area contributed by atoms with Crippen molar-refractivity contribution in [3.8, 4) is 11.3 Å². The molecule has 2 atom stereocenters. The Morgan fingerprint density at radius 2 is 1.83 bits per heavy atom. The maximum absolute atomic E-state index is 14.1. The molecule has 0 aliphatic carbocycles. The van der Waals surface area contributed by atoms with Crippen LogP contribution in [0.2, 0.25) is 0 Å². The Hall–Kier alpha value is -3.52. The lowest BCUT2D eigenvalue weighted by molar-refractivity contribution is -0.137. The van der Waals surface area contributed by atoms with Crippen molar-refractivity contribution in [3.63, 3.8) is 0 Å². The monoisotopic (exact) mass is 527 g/mol. The van der Waals surface area contributed by atoms with Crippen molar-refractivity contribution in [2.24, 2.45) is 0 Å². The molecule has 1 aliphatic rings. The minimum absolute atomic E-state index is 0.183. The molecule has 4 rings (SSSR count). The third kappa shape index (κ3) is 5.49. The van der Waals surface area contributed by atoms with E-state index in [1.807, 2.05) is 0 Å². The summed E-state index contributed by atoms with van der Waals surface area (Å²) in [7, 11) is -4.40. The average molecular weight is 527 g/mol. The van der Waals surface area contributed by atoms with Crippen molar-refractivity contribution < 1.29 is 35.2 Å². The number of benzene rings is 1. The van der Waals surface area contributed by atoms with Crippen molar-refractivity contribution in [3.05, 3.63) is 72.2 Å². The smallest absolute Gasteiger partial charge is 0.349 e. The van der Waals surface area contributed by atoms with Crippen LogP contribution in [-0.2, 0) is 27.5 Å². The molecule has 1 saturated heterocycles. The van der Waals surface area contributed by atoms with Gasteiger partial charge in [-0.15, -0.1) is 0 Å². The first-order chi connectivity index (χ1) is 16.9. The van der Waals surface area contributed by atoms with Gasteiger partial charge in [-0.3, -0.25) is 9.78 Å². The quantitative estimate of drug-likeness (QED) is 0.494. The molecule has 1 fully saturated rings. The van der Waals surface area contributed by atoms with Gasteiger partial charge in [0, 0.05) is 24.7 Å². The van der Waals surface area contributed by atoms with Crippen molar-refractivity contribution in [1.82, 2.24) is 24.6 Å². The lowest BCUT2D eigenvalue weighted by atomic mass is 10.1. The second-order valence-corrected chi connectivity index (χ2v) is 9.84. The minimum atomic E-state index is -4.48. The second kappa shape index (κ2) is 9.85. The lowest BCUT2D eigenvalue weighted by Gasteiger charge is -2.22. The average Bonchev–Trinajstić information content (AvgIpc) is 3.25. The number of nitrogens with zero attached hydrogens (tertiary/aromatic N) is 4. The van der Waals surface area contributed by atoms with E-state index >= 15 is 0 Å². The molecule has 1 aliphatic heterocycles. The number of aromatic nitrogens is 3. The highest BCUT2D eigenvalue weighted by Crippen LogP contribution is 2.31. The molecular weight excluding hydrogens is 509 g/mol. The van der Waals surface area contributed by atoms with Gasteiger partial charge in [0.15, 0.2) is 0 Å². The number of pyridine rings is 1. The fourth-order valence-corrected chi connectivity index (χ4v) is 5.31. The van der Waals surface area contributed by atoms with E-state index in [2.05, 4.69) is 20.3 Å². The Balaban J connectivity index is 1.47. The highest BCUT2D eigenvalue weighted by molar-refractivity contribution is 7.89. The summed E-state index contributed by atoms with van der Waals surface area (Å²) in [5.74, 6) is -1.70. The molecule has 0 spiro atoms. The summed E-state index contributed by atoms with van der Waals surface area (Å²) in [5, 5.41) is 2.49. The Morgan fingerprint density at radius 1 is 1.11 bits per heavy atom. The van der Waals surface area contributed by atoms with E-state index in [0.29, 0.717) is 15.6 Å². The number of amides is 1. The Morgan fingerprint density at radius 3 is 2.50 bits per heavy atom. The number of sulfonamides is 1. The number of carbonyl (C=O) groups excluding carboxylic acids is 1. The largest absolute Gasteiger partial charge is 0.416 e. The van der Waals surface area contributed by atoms with Gasteiger partial charge in [-0.1, -0.05) is 12.1 Å². The van der Waals surface area contributed by atoms with Gasteiger partial charge in [-0.2, -0.15) is 17.5 Å². The number of alkyl halides is 4. The number of hydrogen-bond donors (Lipinski definition) is 1. The summed E-state index contributed by atoms with van der Waals surface area (Å²) in [6.07, 6.45) is -3.61. The Labute approximate surface area is 202 Å². The summed E-state index contributed by atoms with van der Waals surface area (Å²) < 4.78 is 92.4. The highest BCUT2D eigenvalue weighted by atomic mass is 32.2. The first-order valence-electron chi connectivity index (χ1n) is 10.5. The van der Waals surface area contributed by atoms with E-state index in [1.54, 1.807) is 0 Å². The van der Waals surface area contributed by atoms with Gasteiger partial charge >= 0.3 is 6.18 Å². The maximum Gasteiger partial charge on any atom is 0.416 e. The third-order valence-corrected chi connectivity index (χ3v) is 7.31. The number of hydrogen-bond acceptors (Lipinski definition) is 6. The van der Waals surface area contributed by atoms with Crippen LogP contribution in [0.25, 0.3) is 11.3 Å². The molecule has 0 unspecified atom stereocenters. The van der Waals surface area contributed by atoms with Gasteiger partial charge in [0.2, 0.25) is 15.9 Å². The number of rotatable bonds is 6. The first kappa shape index (κ1) is 25.6.